The first-order valence-electron chi connectivity index (χ1n) is 32.5. The second-order valence-electron chi connectivity index (χ2n) is 26.7. The maximum Gasteiger partial charge on any atom is 0.164 e. The molecule has 0 aliphatic heterocycles. The molecule has 6 heteroatoms. The summed E-state index contributed by atoms with van der Waals surface area (Å²) < 4.78 is 7.46. The van der Waals surface area contributed by atoms with E-state index >= 15 is 0 Å². The van der Waals surface area contributed by atoms with Crippen molar-refractivity contribution in [1.82, 2.24) is 28.7 Å². The van der Waals surface area contributed by atoms with Gasteiger partial charge in [0.25, 0.3) is 0 Å². The molecular weight excluding hydrogens is 1130 g/mol. The highest BCUT2D eigenvalue weighted by molar-refractivity contribution is 6.14. The van der Waals surface area contributed by atoms with Crippen LogP contribution >= 0.6 is 0 Å². The summed E-state index contributed by atoms with van der Waals surface area (Å²) in [6, 6.07) is 100. The van der Waals surface area contributed by atoms with E-state index in [4.69, 9.17) is 15.0 Å². The topological polar surface area (TPSA) is 53.5 Å². The van der Waals surface area contributed by atoms with Crippen molar-refractivity contribution in [3.05, 3.63) is 312 Å². The van der Waals surface area contributed by atoms with Crippen LogP contribution in [-0.2, 0) is 17.3 Å². The Kier molecular flexibility index (Phi) is 11.5. The van der Waals surface area contributed by atoms with Gasteiger partial charge in [0.1, 0.15) is 0 Å². The van der Waals surface area contributed by atoms with Gasteiger partial charge in [0.15, 0.2) is 17.5 Å². The smallest absolute Gasteiger partial charge is 0.164 e. The summed E-state index contributed by atoms with van der Waals surface area (Å²) in [7, 11) is 0. The van der Waals surface area contributed by atoms with E-state index in [1.807, 2.05) is 36.4 Å². The van der Waals surface area contributed by atoms with Crippen LogP contribution in [0.25, 0.3) is 151 Å². The number of para-hydroxylation sites is 2. The van der Waals surface area contributed by atoms with Crippen molar-refractivity contribution in [3.63, 3.8) is 0 Å². The largest absolute Gasteiger partial charge is 0.313 e. The van der Waals surface area contributed by atoms with Crippen LogP contribution in [0, 0.1) is 0 Å². The first-order chi connectivity index (χ1) is 45.6. The van der Waals surface area contributed by atoms with Gasteiger partial charge in [-0.25, -0.2) is 15.0 Å². The standard InChI is InChI=1S/C87H62N6/c1-86(2)73-30-15-11-26-63(73)65-40-38-61(51-75(65)86)92-78-33-18-14-29-68(78)70-48-56(35-43-80(70)92)58-37-45-82-72(50-58)71-49-57(36-44-81(71)93(82)62-39-41-66-64-27-12-16-31-74(64)87(3,4)76(66)52-62)55-34-42-79-69(47-55)67-28-13-17-32-77(67)91(79)60-25-19-24-59(46-60)85-89-83(53-20-7-5-8-21-53)88-84(90-85)54-22-9-6-10-23-54/h5-34,36-42,44-52H,35,43H2,1-4H3. The first kappa shape index (κ1) is 53.4. The number of nitrogens with zero attached hydrogens (tertiary/aromatic N) is 6. The lowest BCUT2D eigenvalue weighted by atomic mass is 9.82. The number of fused-ring (bicyclic) bond motifs is 15. The summed E-state index contributed by atoms with van der Waals surface area (Å²) in [5, 5.41) is 6.14. The maximum absolute atomic E-state index is 5.11. The third kappa shape index (κ3) is 8.04. The summed E-state index contributed by atoms with van der Waals surface area (Å²) in [5.74, 6) is 1.90. The molecule has 0 unspecified atom stereocenters. The van der Waals surface area contributed by atoms with E-state index in [1.165, 1.54) is 127 Å². The molecule has 0 atom stereocenters. The Bertz CT molecular complexity index is 5810. The molecule has 0 spiro atoms. The second-order valence-corrected chi connectivity index (χ2v) is 26.7. The molecular formula is C87H62N6. The number of benzene rings is 12. The first-order valence-corrected chi connectivity index (χ1v) is 32.5. The lowest BCUT2D eigenvalue weighted by molar-refractivity contribution is 0.659. The Morgan fingerprint density at radius 2 is 0.699 bits per heavy atom. The Labute approximate surface area is 539 Å². The van der Waals surface area contributed by atoms with Crippen molar-refractivity contribution in [2.75, 3.05) is 0 Å². The molecule has 0 saturated heterocycles. The minimum absolute atomic E-state index is 0.0876. The average Bonchev–Trinajstić information content (AvgIpc) is 1.59. The molecule has 0 radical (unpaired) electrons. The molecule has 4 aromatic heterocycles. The van der Waals surface area contributed by atoms with Crippen LogP contribution in [-0.4, -0.2) is 28.7 Å². The van der Waals surface area contributed by atoms with Crippen LogP contribution in [0.2, 0.25) is 0 Å². The van der Waals surface area contributed by atoms with Crippen molar-refractivity contribution in [3.8, 4) is 84.6 Å². The Hall–Kier alpha value is -11.5. The maximum atomic E-state index is 5.11. The summed E-state index contributed by atoms with van der Waals surface area (Å²) in [6.07, 6.45) is 4.37. The number of hydrogen-bond donors (Lipinski definition) is 0. The predicted octanol–water partition coefficient (Wildman–Crippen LogP) is 21.8. The normalized spacial score (nSPS) is 14.2. The molecule has 4 heterocycles. The Morgan fingerprint density at radius 3 is 1.28 bits per heavy atom. The predicted molar refractivity (Wildman–Crippen MR) is 385 cm³/mol. The van der Waals surface area contributed by atoms with Crippen molar-refractivity contribution < 1.29 is 0 Å². The van der Waals surface area contributed by atoms with Crippen molar-refractivity contribution in [1.29, 1.82) is 0 Å². The van der Waals surface area contributed by atoms with Crippen molar-refractivity contribution in [2.45, 2.75) is 51.4 Å². The Morgan fingerprint density at radius 1 is 0.280 bits per heavy atom. The molecule has 3 aliphatic carbocycles. The van der Waals surface area contributed by atoms with Gasteiger partial charge in [-0.05, 0) is 171 Å². The van der Waals surface area contributed by atoms with E-state index in [0.717, 1.165) is 51.8 Å². The van der Waals surface area contributed by atoms with Crippen LogP contribution < -0.4 is 0 Å². The quantitative estimate of drug-likeness (QED) is 0.152. The summed E-state index contributed by atoms with van der Waals surface area (Å²) in [5.41, 5.74) is 30.4. The van der Waals surface area contributed by atoms with Gasteiger partial charge in [-0.2, -0.15) is 0 Å². The van der Waals surface area contributed by atoms with E-state index in [0.29, 0.717) is 17.5 Å². The van der Waals surface area contributed by atoms with Crippen LogP contribution in [0.15, 0.2) is 273 Å². The zero-order chi connectivity index (χ0) is 61.8. The van der Waals surface area contributed by atoms with Crippen molar-refractivity contribution >= 4 is 66.2 Å². The number of aromatic nitrogens is 6. The minimum atomic E-state index is -0.142. The monoisotopic (exact) mass is 1190 g/mol. The van der Waals surface area contributed by atoms with E-state index in [-0.39, 0.29) is 10.8 Å². The van der Waals surface area contributed by atoms with Gasteiger partial charge in [0.05, 0.1) is 27.6 Å². The lowest BCUT2D eigenvalue weighted by Crippen LogP contribution is -2.15. The van der Waals surface area contributed by atoms with Gasteiger partial charge >= 0.3 is 0 Å². The van der Waals surface area contributed by atoms with Gasteiger partial charge in [0.2, 0.25) is 0 Å². The molecule has 16 aromatic rings. The molecule has 0 bridgehead atoms. The van der Waals surface area contributed by atoms with Crippen LogP contribution in [0.3, 0.4) is 0 Å². The van der Waals surface area contributed by atoms with Crippen molar-refractivity contribution in [2.24, 2.45) is 0 Å². The van der Waals surface area contributed by atoms with Gasteiger partial charge in [-0.3, -0.25) is 0 Å². The van der Waals surface area contributed by atoms with Crippen LogP contribution in [0.5, 0.6) is 0 Å². The van der Waals surface area contributed by atoms with E-state index in [9.17, 15) is 0 Å². The minimum Gasteiger partial charge on any atom is -0.313 e. The number of rotatable bonds is 8. The highest BCUT2D eigenvalue weighted by atomic mass is 15.0. The fourth-order valence-corrected chi connectivity index (χ4v) is 16.2. The molecule has 12 aromatic carbocycles. The highest BCUT2D eigenvalue weighted by Gasteiger charge is 2.37. The third-order valence-corrected chi connectivity index (χ3v) is 20.8. The molecule has 0 fully saturated rings. The lowest BCUT2D eigenvalue weighted by Gasteiger charge is -2.23. The SMILES string of the molecule is CC1(C)c2ccccc2-c2ccc(-n3c4c(c5ccccc53)C=C(c3ccc5c(c3)c3cc(-c6ccc7c(c6)c6ccccc6n7-c6cccc(-c7nc(-c8ccccc8)nc(-c8ccccc8)n7)c6)ccc3n5-c3ccc5c(c3)C(C)(C)c3ccccc3-5)CC4)cc21. The van der Waals surface area contributed by atoms with Crippen LogP contribution in [0.4, 0.5) is 0 Å². The highest BCUT2D eigenvalue weighted by Crippen LogP contribution is 2.52. The van der Waals surface area contributed by atoms with Crippen LogP contribution in [0.1, 0.15) is 73.2 Å². The number of allylic oxidation sites excluding steroid dienone is 1. The zero-order valence-corrected chi connectivity index (χ0v) is 52.2. The zero-order valence-electron chi connectivity index (χ0n) is 52.2. The summed E-state index contributed by atoms with van der Waals surface area (Å²) in [6.45, 7) is 9.52. The van der Waals surface area contributed by atoms with E-state index < -0.39 is 0 Å². The van der Waals surface area contributed by atoms with E-state index in [2.05, 4.69) is 284 Å². The van der Waals surface area contributed by atoms with Gasteiger partial charge in [0, 0.05) is 82.8 Å². The summed E-state index contributed by atoms with van der Waals surface area (Å²) >= 11 is 0. The Balaban J connectivity index is 0.745. The van der Waals surface area contributed by atoms with Gasteiger partial charge in [-0.15, -0.1) is 0 Å². The molecule has 93 heavy (non-hydrogen) atoms. The van der Waals surface area contributed by atoms with E-state index in [1.54, 1.807) is 0 Å². The third-order valence-electron chi connectivity index (χ3n) is 20.8. The van der Waals surface area contributed by atoms with Gasteiger partial charge < -0.3 is 13.7 Å². The second kappa shape index (κ2) is 20.0. The fraction of sp³-hybridized carbons (Fsp3) is 0.0920. The molecule has 19 rings (SSSR count). The van der Waals surface area contributed by atoms with Gasteiger partial charge in [-0.1, -0.05) is 216 Å². The molecule has 0 N–H and O–H groups in total. The number of hydrogen-bond acceptors (Lipinski definition) is 3. The average molecular weight is 1190 g/mol. The molecule has 6 nitrogen and oxygen atoms in total. The molecule has 440 valence electrons. The fourth-order valence-electron chi connectivity index (χ4n) is 16.2. The molecule has 3 aliphatic rings. The summed E-state index contributed by atoms with van der Waals surface area (Å²) in [4.78, 5) is 15.2. The molecule has 0 saturated carbocycles. The molecule has 0 amide bonds.